The van der Waals surface area contributed by atoms with E-state index in [9.17, 15) is 4.79 Å². The van der Waals surface area contributed by atoms with Crippen LogP contribution in [-0.4, -0.2) is 21.5 Å². The van der Waals surface area contributed by atoms with Crippen LogP contribution >= 0.6 is 0 Å². The van der Waals surface area contributed by atoms with Gasteiger partial charge in [-0.3, -0.25) is 0 Å². The Labute approximate surface area is 150 Å². The van der Waals surface area contributed by atoms with E-state index >= 15 is 0 Å². The minimum atomic E-state index is -0.222. The number of hydrogen-bond acceptors (Lipinski definition) is 3. The van der Waals surface area contributed by atoms with Crippen molar-refractivity contribution in [2.45, 2.75) is 0 Å². The third-order valence-electron chi connectivity index (χ3n) is 4.14. The third-order valence-corrected chi connectivity index (χ3v) is 4.14. The predicted octanol–water partition coefficient (Wildman–Crippen LogP) is 3.70. The van der Waals surface area contributed by atoms with Crippen LogP contribution in [0.5, 0.6) is 5.75 Å². The molecular weight excluding hydrogens is 326 g/mol. The summed E-state index contributed by atoms with van der Waals surface area (Å²) >= 11 is 0. The predicted molar refractivity (Wildman–Crippen MR) is 101 cm³/mol. The fraction of sp³-hybridized carbons (Fsp3) is 0.0476. The molecule has 0 aliphatic carbocycles. The summed E-state index contributed by atoms with van der Waals surface area (Å²) in [6.45, 7) is 0. The molecular formula is C21H17N3O2. The van der Waals surface area contributed by atoms with Crippen LogP contribution in [-0.2, 0) is 0 Å². The Morgan fingerprint density at radius 1 is 0.769 bits per heavy atom. The minimum absolute atomic E-state index is 0.222. The maximum absolute atomic E-state index is 13.2. The van der Waals surface area contributed by atoms with Gasteiger partial charge in [0.25, 0.3) is 0 Å². The van der Waals surface area contributed by atoms with Crippen LogP contribution in [0.1, 0.15) is 0 Å². The van der Waals surface area contributed by atoms with Crippen molar-refractivity contribution in [1.82, 2.24) is 14.3 Å². The highest BCUT2D eigenvalue weighted by molar-refractivity contribution is 5.58. The molecule has 0 spiro atoms. The van der Waals surface area contributed by atoms with E-state index in [1.165, 1.54) is 4.68 Å². The van der Waals surface area contributed by atoms with E-state index in [1.807, 2.05) is 84.9 Å². The van der Waals surface area contributed by atoms with Gasteiger partial charge in [0.15, 0.2) is 5.82 Å². The first-order valence-electron chi connectivity index (χ1n) is 8.25. The van der Waals surface area contributed by atoms with Gasteiger partial charge in [0.1, 0.15) is 5.75 Å². The Balaban J connectivity index is 1.96. The second-order valence-corrected chi connectivity index (χ2v) is 5.75. The minimum Gasteiger partial charge on any atom is -0.497 e. The normalized spacial score (nSPS) is 10.7. The van der Waals surface area contributed by atoms with E-state index in [4.69, 9.17) is 4.74 Å². The van der Waals surface area contributed by atoms with Gasteiger partial charge in [-0.15, -0.1) is 5.10 Å². The van der Waals surface area contributed by atoms with E-state index in [0.717, 1.165) is 22.7 Å². The first-order chi connectivity index (χ1) is 12.8. The lowest BCUT2D eigenvalue weighted by Gasteiger charge is -2.06. The van der Waals surface area contributed by atoms with Crippen molar-refractivity contribution < 1.29 is 4.74 Å². The zero-order chi connectivity index (χ0) is 17.9. The molecule has 0 saturated heterocycles. The van der Waals surface area contributed by atoms with Crippen LogP contribution in [0.4, 0.5) is 0 Å². The first-order valence-corrected chi connectivity index (χ1v) is 8.25. The fourth-order valence-corrected chi connectivity index (χ4v) is 2.84. The monoisotopic (exact) mass is 343 g/mol. The number of methoxy groups -OCH3 is 1. The van der Waals surface area contributed by atoms with Crippen molar-refractivity contribution in [3.8, 4) is 28.5 Å². The van der Waals surface area contributed by atoms with Crippen molar-refractivity contribution in [2.24, 2.45) is 0 Å². The van der Waals surface area contributed by atoms with Gasteiger partial charge in [0.05, 0.1) is 18.5 Å². The summed E-state index contributed by atoms with van der Waals surface area (Å²) in [4.78, 5) is 13.2. The van der Waals surface area contributed by atoms with Crippen LogP contribution < -0.4 is 10.4 Å². The van der Waals surface area contributed by atoms with Gasteiger partial charge in [0, 0.05) is 5.56 Å². The maximum atomic E-state index is 13.2. The highest BCUT2D eigenvalue weighted by Crippen LogP contribution is 2.22. The summed E-state index contributed by atoms with van der Waals surface area (Å²) in [6, 6.07) is 26.4. The Bertz CT molecular complexity index is 1070. The lowest BCUT2D eigenvalue weighted by molar-refractivity contribution is 0.414. The van der Waals surface area contributed by atoms with E-state index in [0.29, 0.717) is 5.82 Å². The molecule has 4 aromatic rings. The molecule has 0 saturated carbocycles. The highest BCUT2D eigenvalue weighted by Gasteiger charge is 2.17. The van der Waals surface area contributed by atoms with Crippen molar-refractivity contribution in [3.05, 3.63) is 95.4 Å². The zero-order valence-corrected chi connectivity index (χ0v) is 14.2. The number of nitrogens with zero attached hydrogens (tertiary/aromatic N) is 3. The molecule has 4 rings (SSSR count). The van der Waals surface area contributed by atoms with Gasteiger partial charge in [-0.2, -0.15) is 4.68 Å². The number of para-hydroxylation sites is 1. The van der Waals surface area contributed by atoms with E-state index < -0.39 is 0 Å². The van der Waals surface area contributed by atoms with Crippen LogP contribution in [0.3, 0.4) is 0 Å². The number of aromatic nitrogens is 3. The molecule has 1 heterocycles. The standard InChI is InChI=1S/C21H17N3O2/c1-26-19-14-12-17(13-15-19)23-20(16-8-4-2-5-9-16)22-24(21(23)25)18-10-6-3-7-11-18/h2-15H,1H3. The average molecular weight is 343 g/mol. The summed E-state index contributed by atoms with van der Waals surface area (Å²) in [5.74, 6) is 1.32. The van der Waals surface area contributed by atoms with Gasteiger partial charge in [0.2, 0.25) is 0 Å². The van der Waals surface area contributed by atoms with Gasteiger partial charge in [-0.05, 0) is 36.4 Å². The largest absolute Gasteiger partial charge is 0.497 e. The topological polar surface area (TPSA) is 49.0 Å². The highest BCUT2D eigenvalue weighted by atomic mass is 16.5. The second-order valence-electron chi connectivity index (χ2n) is 5.75. The number of hydrogen-bond donors (Lipinski definition) is 0. The Hall–Kier alpha value is -3.60. The molecule has 3 aromatic carbocycles. The molecule has 0 radical (unpaired) electrons. The molecule has 5 nitrogen and oxygen atoms in total. The molecule has 0 N–H and O–H groups in total. The van der Waals surface area contributed by atoms with E-state index in [-0.39, 0.29) is 5.69 Å². The van der Waals surface area contributed by atoms with Crippen LogP contribution in [0.25, 0.3) is 22.8 Å². The molecule has 26 heavy (non-hydrogen) atoms. The summed E-state index contributed by atoms with van der Waals surface area (Å²) in [6.07, 6.45) is 0. The first kappa shape index (κ1) is 15.9. The van der Waals surface area contributed by atoms with Crippen LogP contribution in [0.2, 0.25) is 0 Å². The molecule has 5 heteroatoms. The quantitative estimate of drug-likeness (QED) is 0.568. The number of rotatable bonds is 4. The average Bonchev–Trinajstić information content (AvgIpc) is 3.06. The Kier molecular flexibility index (Phi) is 4.11. The summed E-state index contributed by atoms with van der Waals surface area (Å²) in [5, 5.41) is 4.61. The van der Waals surface area contributed by atoms with E-state index in [1.54, 1.807) is 11.7 Å². The fourth-order valence-electron chi connectivity index (χ4n) is 2.84. The third kappa shape index (κ3) is 2.80. The smallest absolute Gasteiger partial charge is 0.355 e. The Morgan fingerprint density at radius 2 is 1.38 bits per heavy atom. The SMILES string of the molecule is COc1ccc(-n2c(-c3ccccc3)nn(-c3ccccc3)c2=O)cc1. The van der Waals surface area contributed by atoms with Crippen molar-refractivity contribution in [3.63, 3.8) is 0 Å². The molecule has 0 atom stereocenters. The molecule has 0 aliphatic heterocycles. The number of ether oxygens (including phenoxy) is 1. The van der Waals surface area contributed by atoms with Gasteiger partial charge >= 0.3 is 5.69 Å². The second kappa shape index (κ2) is 6.72. The molecule has 0 bridgehead atoms. The van der Waals surface area contributed by atoms with Gasteiger partial charge in [-0.25, -0.2) is 9.36 Å². The maximum Gasteiger partial charge on any atom is 0.355 e. The molecule has 0 unspecified atom stereocenters. The van der Waals surface area contributed by atoms with Gasteiger partial charge in [-0.1, -0.05) is 48.5 Å². The van der Waals surface area contributed by atoms with Crippen molar-refractivity contribution in [1.29, 1.82) is 0 Å². The van der Waals surface area contributed by atoms with Gasteiger partial charge < -0.3 is 4.74 Å². The zero-order valence-electron chi connectivity index (χ0n) is 14.2. The number of benzene rings is 3. The molecule has 0 fully saturated rings. The Morgan fingerprint density at radius 3 is 2.00 bits per heavy atom. The van der Waals surface area contributed by atoms with Crippen LogP contribution in [0.15, 0.2) is 89.7 Å². The molecule has 1 aromatic heterocycles. The van der Waals surface area contributed by atoms with Crippen molar-refractivity contribution >= 4 is 0 Å². The van der Waals surface area contributed by atoms with E-state index in [2.05, 4.69) is 5.10 Å². The van der Waals surface area contributed by atoms with Crippen LogP contribution in [0, 0.1) is 0 Å². The molecule has 0 amide bonds. The lowest BCUT2D eigenvalue weighted by atomic mass is 10.2. The molecule has 0 aliphatic rings. The van der Waals surface area contributed by atoms with Crippen molar-refractivity contribution in [2.75, 3.05) is 7.11 Å². The summed E-state index contributed by atoms with van der Waals surface area (Å²) < 4.78 is 8.25. The summed E-state index contributed by atoms with van der Waals surface area (Å²) in [5.41, 5.74) is 2.11. The molecule has 128 valence electrons. The summed E-state index contributed by atoms with van der Waals surface area (Å²) in [7, 11) is 1.62. The lowest BCUT2D eigenvalue weighted by Crippen LogP contribution is -2.22.